The highest BCUT2D eigenvalue weighted by Gasteiger charge is 2.39. The number of carboxylic acid groups (broad SMARTS) is 1. The molecule has 7 nitrogen and oxygen atoms in total. The molecule has 1 amide bonds. The largest absolute Gasteiger partial charge is 0.478 e. The number of benzene rings is 1. The SMILES string of the molecule is Cc1cc(Br)c(N2CC(S(N)(=O)=O)CC2=O)c(C(=O)O)c1. The summed E-state index contributed by atoms with van der Waals surface area (Å²) < 4.78 is 23.2. The first-order valence-electron chi connectivity index (χ1n) is 5.96. The van der Waals surface area contributed by atoms with Crippen molar-refractivity contribution in [2.75, 3.05) is 11.4 Å². The molecule has 0 radical (unpaired) electrons. The van der Waals surface area contributed by atoms with Gasteiger partial charge in [0.1, 0.15) is 5.25 Å². The maximum absolute atomic E-state index is 12.0. The van der Waals surface area contributed by atoms with E-state index in [4.69, 9.17) is 5.14 Å². The first-order valence-corrected chi connectivity index (χ1v) is 8.37. The number of amides is 1. The molecular weight excluding hydrogens is 364 g/mol. The average molecular weight is 377 g/mol. The zero-order valence-electron chi connectivity index (χ0n) is 11.0. The Morgan fingerprint density at radius 3 is 2.57 bits per heavy atom. The van der Waals surface area contributed by atoms with Crippen LogP contribution in [-0.4, -0.2) is 37.2 Å². The fourth-order valence-corrected chi connectivity index (χ4v) is 3.80. The van der Waals surface area contributed by atoms with E-state index in [-0.39, 0.29) is 24.2 Å². The molecule has 1 saturated heterocycles. The van der Waals surface area contributed by atoms with Crippen molar-refractivity contribution in [3.8, 4) is 0 Å². The number of sulfonamides is 1. The molecule has 1 aliphatic heterocycles. The number of carbonyl (C=O) groups is 2. The number of primary sulfonamides is 1. The number of nitrogens with zero attached hydrogens (tertiary/aromatic N) is 1. The fourth-order valence-electron chi connectivity index (χ4n) is 2.28. The van der Waals surface area contributed by atoms with Crippen LogP contribution < -0.4 is 10.0 Å². The van der Waals surface area contributed by atoms with Crippen molar-refractivity contribution in [2.24, 2.45) is 5.14 Å². The topological polar surface area (TPSA) is 118 Å². The van der Waals surface area contributed by atoms with Crippen molar-refractivity contribution in [3.63, 3.8) is 0 Å². The molecule has 0 spiro atoms. The lowest BCUT2D eigenvalue weighted by Gasteiger charge is -2.21. The van der Waals surface area contributed by atoms with E-state index >= 15 is 0 Å². The Morgan fingerprint density at radius 2 is 2.10 bits per heavy atom. The van der Waals surface area contributed by atoms with Gasteiger partial charge < -0.3 is 10.0 Å². The van der Waals surface area contributed by atoms with E-state index in [1.54, 1.807) is 13.0 Å². The van der Waals surface area contributed by atoms with Crippen molar-refractivity contribution in [1.82, 2.24) is 0 Å². The van der Waals surface area contributed by atoms with Gasteiger partial charge in [0.05, 0.1) is 11.3 Å². The molecule has 9 heteroatoms. The number of carboxylic acids is 1. The molecule has 2 rings (SSSR count). The fraction of sp³-hybridized carbons (Fsp3) is 0.333. The van der Waals surface area contributed by atoms with E-state index < -0.39 is 27.1 Å². The highest BCUT2D eigenvalue weighted by atomic mass is 79.9. The zero-order valence-corrected chi connectivity index (χ0v) is 13.4. The van der Waals surface area contributed by atoms with Gasteiger partial charge in [-0.05, 0) is 40.5 Å². The number of hydrogen-bond acceptors (Lipinski definition) is 4. The van der Waals surface area contributed by atoms with Crippen LogP contribution in [0.2, 0.25) is 0 Å². The van der Waals surface area contributed by atoms with E-state index in [9.17, 15) is 23.1 Å². The van der Waals surface area contributed by atoms with Crippen LogP contribution in [0.3, 0.4) is 0 Å². The highest BCUT2D eigenvalue weighted by molar-refractivity contribution is 9.10. The molecular formula is C12H13BrN2O5S. The summed E-state index contributed by atoms with van der Waals surface area (Å²) in [6, 6.07) is 3.10. The summed E-state index contributed by atoms with van der Waals surface area (Å²) in [5.41, 5.74) is 0.798. The monoisotopic (exact) mass is 376 g/mol. The predicted molar refractivity (Wildman–Crippen MR) is 79.7 cm³/mol. The Kier molecular flexibility index (Phi) is 4.09. The Bertz CT molecular complexity index is 731. The van der Waals surface area contributed by atoms with Gasteiger partial charge in [-0.25, -0.2) is 18.4 Å². The molecule has 3 N–H and O–H groups in total. The lowest BCUT2D eigenvalue weighted by atomic mass is 10.1. The molecule has 1 aromatic carbocycles. The van der Waals surface area contributed by atoms with Gasteiger partial charge in [-0.3, -0.25) is 4.79 Å². The number of aromatic carboxylic acids is 1. The van der Waals surface area contributed by atoms with Gasteiger partial charge in [-0.1, -0.05) is 0 Å². The normalized spacial score (nSPS) is 19.1. The minimum atomic E-state index is -3.86. The van der Waals surface area contributed by atoms with Crippen LogP contribution in [0.25, 0.3) is 0 Å². The third-order valence-corrected chi connectivity index (χ3v) is 5.11. The molecule has 0 saturated carbocycles. The molecule has 1 aromatic rings. The van der Waals surface area contributed by atoms with Gasteiger partial charge in [0.25, 0.3) is 0 Å². The van der Waals surface area contributed by atoms with Crippen molar-refractivity contribution in [3.05, 3.63) is 27.7 Å². The number of anilines is 1. The van der Waals surface area contributed by atoms with Gasteiger partial charge in [0, 0.05) is 17.4 Å². The standard InChI is InChI=1S/C12H13BrN2O5S/c1-6-2-8(12(17)18)11(9(13)3-6)15-5-7(4-10(15)16)21(14,19)20/h2-3,7H,4-5H2,1H3,(H,17,18)(H2,14,19,20). The van der Waals surface area contributed by atoms with Crippen LogP contribution in [0.4, 0.5) is 5.69 Å². The predicted octanol–water partition coefficient (Wildman–Crippen LogP) is 0.850. The summed E-state index contributed by atoms with van der Waals surface area (Å²) >= 11 is 3.24. The third kappa shape index (κ3) is 3.09. The van der Waals surface area contributed by atoms with E-state index in [2.05, 4.69) is 15.9 Å². The quantitative estimate of drug-likeness (QED) is 0.810. The lowest BCUT2D eigenvalue weighted by molar-refractivity contribution is -0.117. The van der Waals surface area contributed by atoms with Crippen LogP contribution in [0.1, 0.15) is 22.3 Å². The zero-order chi connectivity index (χ0) is 15.9. The minimum absolute atomic E-state index is 0.0645. The van der Waals surface area contributed by atoms with Crippen LogP contribution in [-0.2, 0) is 14.8 Å². The highest BCUT2D eigenvalue weighted by Crippen LogP contribution is 2.35. The number of rotatable bonds is 3. The van der Waals surface area contributed by atoms with Crippen molar-refractivity contribution < 1.29 is 23.1 Å². The summed E-state index contributed by atoms with van der Waals surface area (Å²) in [7, 11) is -3.86. The Morgan fingerprint density at radius 1 is 1.48 bits per heavy atom. The smallest absolute Gasteiger partial charge is 0.337 e. The molecule has 1 aliphatic rings. The number of nitrogens with two attached hydrogens (primary N) is 1. The summed E-state index contributed by atoms with van der Waals surface area (Å²) in [4.78, 5) is 24.6. The van der Waals surface area contributed by atoms with Gasteiger partial charge in [-0.2, -0.15) is 0 Å². The maximum atomic E-state index is 12.0. The average Bonchev–Trinajstić information content (AvgIpc) is 2.70. The number of aryl methyl sites for hydroxylation is 1. The first kappa shape index (κ1) is 15.9. The first-order chi connectivity index (χ1) is 9.61. The molecule has 1 heterocycles. The van der Waals surface area contributed by atoms with Crippen molar-refractivity contribution >= 4 is 43.5 Å². The second-order valence-electron chi connectivity index (χ2n) is 4.87. The lowest BCUT2D eigenvalue weighted by Crippen LogP contribution is -2.33. The van der Waals surface area contributed by atoms with Crippen LogP contribution in [0.5, 0.6) is 0 Å². The number of halogens is 1. The third-order valence-electron chi connectivity index (χ3n) is 3.26. The van der Waals surface area contributed by atoms with E-state index in [0.717, 1.165) is 4.90 Å². The second kappa shape index (κ2) is 5.39. The molecule has 114 valence electrons. The Balaban J connectivity index is 2.53. The second-order valence-corrected chi connectivity index (χ2v) is 7.57. The van der Waals surface area contributed by atoms with Crippen molar-refractivity contribution in [2.45, 2.75) is 18.6 Å². The van der Waals surface area contributed by atoms with Crippen molar-refractivity contribution in [1.29, 1.82) is 0 Å². The minimum Gasteiger partial charge on any atom is -0.478 e. The Hall–Kier alpha value is -1.45. The molecule has 21 heavy (non-hydrogen) atoms. The van der Waals surface area contributed by atoms with E-state index in [1.807, 2.05) is 0 Å². The van der Waals surface area contributed by atoms with Gasteiger partial charge >= 0.3 is 5.97 Å². The molecule has 0 bridgehead atoms. The van der Waals surface area contributed by atoms with Crippen LogP contribution >= 0.6 is 15.9 Å². The summed E-state index contributed by atoms with van der Waals surface area (Å²) in [5, 5.41) is 13.3. The van der Waals surface area contributed by atoms with Gasteiger partial charge in [-0.15, -0.1) is 0 Å². The van der Waals surface area contributed by atoms with E-state index in [0.29, 0.717) is 10.0 Å². The number of hydrogen-bond donors (Lipinski definition) is 2. The molecule has 1 fully saturated rings. The van der Waals surface area contributed by atoms with Gasteiger partial charge in [0.2, 0.25) is 15.9 Å². The molecule has 0 aromatic heterocycles. The summed E-state index contributed by atoms with van der Waals surface area (Å²) in [6.07, 6.45) is -0.252. The molecule has 1 unspecified atom stereocenters. The summed E-state index contributed by atoms with van der Waals surface area (Å²) in [6.45, 7) is 1.57. The van der Waals surface area contributed by atoms with E-state index in [1.165, 1.54) is 6.07 Å². The van der Waals surface area contributed by atoms with Crippen LogP contribution in [0, 0.1) is 6.92 Å². The van der Waals surface area contributed by atoms with Crippen LogP contribution in [0.15, 0.2) is 16.6 Å². The Labute approximate surface area is 129 Å². The van der Waals surface area contributed by atoms with Gasteiger partial charge in [0.15, 0.2) is 0 Å². The maximum Gasteiger partial charge on any atom is 0.337 e. The summed E-state index contributed by atoms with van der Waals surface area (Å²) in [5.74, 6) is -1.66. The molecule has 1 atom stereocenters. The molecule has 0 aliphatic carbocycles. The number of carbonyl (C=O) groups excluding carboxylic acids is 1.